The predicted molar refractivity (Wildman–Crippen MR) is 80.3 cm³/mol. The minimum atomic E-state index is -0.334. The fraction of sp³-hybridized carbons (Fsp3) is 0.400. The highest BCUT2D eigenvalue weighted by Crippen LogP contribution is 2.24. The molecule has 1 N–H and O–H groups in total. The van der Waals surface area contributed by atoms with Crippen LogP contribution in [0.25, 0.3) is 0 Å². The molecule has 0 bridgehead atoms. The number of rotatable bonds is 3. The van der Waals surface area contributed by atoms with Gasteiger partial charge in [0.1, 0.15) is 17.3 Å². The SMILES string of the molecule is CNC(=O)c1ccn([C@@H]2CCCN(c3ccc(F)cn3)C2)n1. The average Bonchev–Trinajstić information content (AvgIpc) is 3.05. The number of hydrogen-bond donors (Lipinski definition) is 1. The summed E-state index contributed by atoms with van der Waals surface area (Å²) in [6, 6.07) is 5.01. The van der Waals surface area contributed by atoms with Gasteiger partial charge in [-0.2, -0.15) is 5.10 Å². The number of halogens is 1. The van der Waals surface area contributed by atoms with Crippen molar-refractivity contribution in [1.82, 2.24) is 20.1 Å². The van der Waals surface area contributed by atoms with Gasteiger partial charge in [0.15, 0.2) is 0 Å². The van der Waals surface area contributed by atoms with Crippen molar-refractivity contribution in [2.24, 2.45) is 0 Å². The van der Waals surface area contributed by atoms with Crippen molar-refractivity contribution in [3.05, 3.63) is 42.1 Å². The molecule has 1 amide bonds. The maximum atomic E-state index is 13.0. The normalized spacial score (nSPS) is 18.3. The topological polar surface area (TPSA) is 63.1 Å². The van der Waals surface area contributed by atoms with E-state index in [4.69, 9.17) is 0 Å². The molecule has 1 aliphatic rings. The average molecular weight is 303 g/mol. The van der Waals surface area contributed by atoms with Gasteiger partial charge >= 0.3 is 0 Å². The zero-order valence-corrected chi connectivity index (χ0v) is 12.4. The van der Waals surface area contributed by atoms with Gasteiger partial charge in [0, 0.05) is 26.3 Å². The van der Waals surface area contributed by atoms with Gasteiger partial charge in [-0.3, -0.25) is 9.48 Å². The first kappa shape index (κ1) is 14.5. The molecule has 1 fully saturated rings. The molecule has 0 saturated carbocycles. The maximum absolute atomic E-state index is 13.0. The summed E-state index contributed by atoms with van der Waals surface area (Å²) < 4.78 is 14.8. The lowest BCUT2D eigenvalue weighted by molar-refractivity contribution is 0.0957. The van der Waals surface area contributed by atoms with Crippen LogP contribution in [0.4, 0.5) is 10.2 Å². The molecular formula is C15H18FN5O. The summed E-state index contributed by atoms with van der Waals surface area (Å²) >= 11 is 0. The molecule has 2 aromatic heterocycles. The van der Waals surface area contributed by atoms with E-state index in [0.29, 0.717) is 5.69 Å². The molecule has 0 aromatic carbocycles. The van der Waals surface area contributed by atoms with E-state index in [1.165, 1.54) is 12.3 Å². The Morgan fingerprint density at radius 3 is 3.00 bits per heavy atom. The van der Waals surface area contributed by atoms with Crippen LogP contribution in [0.3, 0.4) is 0 Å². The summed E-state index contributed by atoms with van der Waals surface area (Å²) in [7, 11) is 1.59. The Balaban J connectivity index is 1.74. The molecule has 6 nitrogen and oxygen atoms in total. The number of amides is 1. The first-order valence-corrected chi connectivity index (χ1v) is 7.31. The molecule has 2 aromatic rings. The van der Waals surface area contributed by atoms with E-state index < -0.39 is 0 Å². The lowest BCUT2D eigenvalue weighted by Crippen LogP contribution is -2.37. The van der Waals surface area contributed by atoms with Crippen LogP contribution in [0.1, 0.15) is 29.4 Å². The highest BCUT2D eigenvalue weighted by Gasteiger charge is 2.23. The minimum Gasteiger partial charge on any atom is -0.354 e. The van der Waals surface area contributed by atoms with Crippen molar-refractivity contribution in [3.8, 4) is 0 Å². The van der Waals surface area contributed by atoms with Gasteiger partial charge in [-0.15, -0.1) is 0 Å². The maximum Gasteiger partial charge on any atom is 0.271 e. The zero-order valence-electron chi connectivity index (χ0n) is 12.4. The van der Waals surface area contributed by atoms with Gasteiger partial charge < -0.3 is 10.2 Å². The first-order valence-electron chi connectivity index (χ1n) is 7.31. The Hall–Kier alpha value is -2.44. The van der Waals surface area contributed by atoms with Crippen molar-refractivity contribution < 1.29 is 9.18 Å². The van der Waals surface area contributed by atoms with E-state index in [1.807, 2.05) is 10.9 Å². The fourth-order valence-electron chi connectivity index (χ4n) is 2.72. The van der Waals surface area contributed by atoms with E-state index in [2.05, 4.69) is 20.3 Å². The Bertz CT molecular complexity index is 654. The molecule has 3 rings (SSSR count). The third kappa shape index (κ3) is 2.93. The first-order chi connectivity index (χ1) is 10.7. The molecule has 22 heavy (non-hydrogen) atoms. The largest absolute Gasteiger partial charge is 0.354 e. The smallest absolute Gasteiger partial charge is 0.271 e. The van der Waals surface area contributed by atoms with Crippen LogP contribution in [-0.4, -0.2) is 40.8 Å². The standard InChI is InChI=1S/C15H18FN5O/c1-17-15(22)13-6-8-21(19-13)12-3-2-7-20(10-12)14-5-4-11(16)9-18-14/h4-6,8-9,12H,2-3,7,10H2,1H3,(H,17,22)/t12-/m1/s1. The van der Waals surface area contributed by atoms with E-state index in [1.54, 1.807) is 19.2 Å². The van der Waals surface area contributed by atoms with Crippen LogP contribution < -0.4 is 10.2 Å². The second-order valence-electron chi connectivity index (χ2n) is 5.34. The monoisotopic (exact) mass is 303 g/mol. The minimum absolute atomic E-state index is 0.180. The Kier molecular flexibility index (Phi) is 4.04. The van der Waals surface area contributed by atoms with Crippen molar-refractivity contribution in [2.75, 3.05) is 25.0 Å². The summed E-state index contributed by atoms with van der Waals surface area (Å²) in [5.74, 6) is 0.246. The molecule has 3 heterocycles. The van der Waals surface area contributed by atoms with Gasteiger partial charge in [-0.05, 0) is 31.0 Å². The van der Waals surface area contributed by atoms with E-state index in [-0.39, 0.29) is 17.8 Å². The number of hydrogen-bond acceptors (Lipinski definition) is 4. The molecule has 1 atom stereocenters. The van der Waals surface area contributed by atoms with Crippen LogP contribution in [0.15, 0.2) is 30.6 Å². The molecule has 0 aliphatic carbocycles. The van der Waals surface area contributed by atoms with Gasteiger partial charge in [0.05, 0.1) is 12.2 Å². The van der Waals surface area contributed by atoms with Crippen LogP contribution in [0, 0.1) is 5.82 Å². The number of pyridine rings is 1. The van der Waals surface area contributed by atoms with Crippen LogP contribution in [0.2, 0.25) is 0 Å². The lowest BCUT2D eigenvalue weighted by Gasteiger charge is -2.33. The van der Waals surface area contributed by atoms with Crippen molar-refractivity contribution in [2.45, 2.75) is 18.9 Å². The van der Waals surface area contributed by atoms with Crippen molar-refractivity contribution in [1.29, 1.82) is 0 Å². The summed E-state index contributed by atoms with van der Waals surface area (Å²) in [4.78, 5) is 17.8. The van der Waals surface area contributed by atoms with E-state index in [9.17, 15) is 9.18 Å². The molecule has 0 spiro atoms. The summed E-state index contributed by atoms with van der Waals surface area (Å²) in [5, 5.41) is 6.91. The van der Waals surface area contributed by atoms with E-state index >= 15 is 0 Å². The second kappa shape index (κ2) is 6.13. The number of anilines is 1. The molecule has 116 valence electrons. The number of carbonyl (C=O) groups is 1. The van der Waals surface area contributed by atoms with Gasteiger partial charge in [-0.25, -0.2) is 9.37 Å². The number of aromatic nitrogens is 3. The molecule has 0 unspecified atom stereocenters. The highest BCUT2D eigenvalue weighted by atomic mass is 19.1. The number of nitrogens with one attached hydrogen (secondary N) is 1. The number of piperidine rings is 1. The molecule has 1 aliphatic heterocycles. The fourth-order valence-corrected chi connectivity index (χ4v) is 2.72. The molecule has 7 heteroatoms. The Morgan fingerprint density at radius 2 is 2.27 bits per heavy atom. The quantitative estimate of drug-likeness (QED) is 0.936. The number of carbonyl (C=O) groups excluding carboxylic acids is 1. The van der Waals surface area contributed by atoms with Gasteiger partial charge in [-0.1, -0.05) is 0 Å². The Labute approximate surface area is 128 Å². The highest BCUT2D eigenvalue weighted by molar-refractivity contribution is 5.91. The summed E-state index contributed by atoms with van der Waals surface area (Å²) in [6.07, 6.45) is 5.05. The third-order valence-corrected chi connectivity index (χ3v) is 3.87. The second-order valence-corrected chi connectivity index (χ2v) is 5.34. The number of nitrogens with zero attached hydrogens (tertiary/aromatic N) is 4. The van der Waals surface area contributed by atoms with Crippen molar-refractivity contribution in [3.63, 3.8) is 0 Å². The van der Waals surface area contributed by atoms with Crippen LogP contribution in [-0.2, 0) is 0 Å². The lowest BCUT2D eigenvalue weighted by atomic mass is 10.1. The van der Waals surface area contributed by atoms with Crippen molar-refractivity contribution >= 4 is 11.7 Å². The Morgan fingerprint density at radius 1 is 1.41 bits per heavy atom. The summed E-state index contributed by atoms with van der Waals surface area (Å²) in [5.41, 5.74) is 0.416. The van der Waals surface area contributed by atoms with Gasteiger partial charge in [0.25, 0.3) is 5.91 Å². The zero-order chi connectivity index (χ0) is 15.5. The van der Waals surface area contributed by atoms with Crippen LogP contribution in [0.5, 0.6) is 0 Å². The van der Waals surface area contributed by atoms with Crippen LogP contribution >= 0.6 is 0 Å². The molecular weight excluding hydrogens is 285 g/mol. The third-order valence-electron chi connectivity index (χ3n) is 3.87. The molecule has 0 radical (unpaired) electrons. The van der Waals surface area contributed by atoms with Gasteiger partial charge in [0.2, 0.25) is 0 Å². The predicted octanol–water partition coefficient (Wildman–Crippen LogP) is 1.62. The van der Waals surface area contributed by atoms with E-state index in [0.717, 1.165) is 31.7 Å². The molecule has 1 saturated heterocycles. The summed E-state index contributed by atoms with van der Waals surface area (Å²) in [6.45, 7) is 1.63.